The number of thiophene rings is 1. The molecule has 3 nitrogen and oxygen atoms in total. The van der Waals surface area contributed by atoms with Crippen molar-refractivity contribution in [2.45, 2.75) is 65.7 Å². The van der Waals surface area contributed by atoms with E-state index in [0.29, 0.717) is 17.9 Å². The summed E-state index contributed by atoms with van der Waals surface area (Å²) in [6.07, 6.45) is 2.22. The first-order chi connectivity index (χ1) is 9.85. The SMILES string of the molecule is CCC(C)C1NC(c2ccc(C)s2)N(C2CC2(C)C)C1=O. The molecule has 1 aromatic rings. The fraction of sp³-hybridized carbons (Fsp3) is 0.706. The highest BCUT2D eigenvalue weighted by atomic mass is 32.1. The second-order valence-corrected chi connectivity index (χ2v) is 8.65. The zero-order chi connectivity index (χ0) is 15.4. The van der Waals surface area contributed by atoms with Crippen LogP contribution in [0.5, 0.6) is 0 Å². The van der Waals surface area contributed by atoms with Gasteiger partial charge in [0.2, 0.25) is 5.91 Å². The normalized spacial score (nSPS) is 32.5. The molecular formula is C17H26N2OS. The lowest BCUT2D eigenvalue weighted by Gasteiger charge is -2.25. The third-order valence-corrected chi connectivity index (χ3v) is 6.23. The third-order valence-electron chi connectivity index (χ3n) is 5.18. The van der Waals surface area contributed by atoms with Gasteiger partial charge in [0.1, 0.15) is 6.17 Å². The number of rotatable bonds is 4. The third kappa shape index (κ3) is 2.53. The molecule has 116 valence electrons. The largest absolute Gasteiger partial charge is 0.317 e. The highest BCUT2D eigenvalue weighted by molar-refractivity contribution is 7.12. The van der Waals surface area contributed by atoms with Crippen LogP contribution in [-0.4, -0.2) is 22.9 Å². The van der Waals surface area contributed by atoms with Crippen LogP contribution >= 0.6 is 11.3 Å². The molecule has 2 heterocycles. The van der Waals surface area contributed by atoms with Gasteiger partial charge >= 0.3 is 0 Å². The minimum absolute atomic E-state index is 0.0289. The van der Waals surface area contributed by atoms with Crippen LogP contribution in [0.2, 0.25) is 0 Å². The van der Waals surface area contributed by atoms with E-state index in [9.17, 15) is 4.79 Å². The van der Waals surface area contributed by atoms with Crippen LogP contribution in [0.3, 0.4) is 0 Å². The van der Waals surface area contributed by atoms with Crippen LogP contribution in [0.15, 0.2) is 12.1 Å². The number of amides is 1. The molecule has 0 bridgehead atoms. The molecule has 0 radical (unpaired) electrons. The van der Waals surface area contributed by atoms with E-state index in [1.807, 2.05) is 0 Å². The Bertz CT molecular complexity index is 551. The van der Waals surface area contributed by atoms with Gasteiger partial charge in [-0.05, 0) is 36.8 Å². The quantitative estimate of drug-likeness (QED) is 0.920. The first-order valence-electron chi connectivity index (χ1n) is 7.99. The number of carbonyl (C=O) groups is 1. The molecule has 1 aliphatic heterocycles. The Hall–Kier alpha value is -0.870. The summed E-state index contributed by atoms with van der Waals surface area (Å²) < 4.78 is 0. The summed E-state index contributed by atoms with van der Waals surface area (Å²) in [6, 6.07) is 4.68. The standard InChI is InChI=1S/C17H26N2OS/c1-6-10(2)14-16(20)19(13-9-17(13,4)5)15(18-14)12-8-7-11(3)21-12/h7-8,10,13-15,18H,6,9H2,1-5H3. The van der Waals surface area contributed by atoms with E-state index in [1.165, 1.54) is 9.75 Å². The predicted molar refractivity (Wildman–Crippen MR) is 87.2 cm³/mol. The number of nitrogens with one attached hydrogen (secondary N) is 1. The van der Waals surface area contributed by atoms with E-state index in [2.05, 4.69) is 57.0 Å². The Balaban J connectivity index is 1.91. The number of nitrogens with zero attached hydrogens (tertiary/aromatic N) is 1. The average Bonchev–Trinajstić information content (AvgIpc) is 2.79. The molecule has 0 aromatic carbocycles. The molecule has 0 spiro atoms. The molecule has 4 heteroatoms. The van der Waals surface area contributed by atoms with Crippen LogP contribution in [0.4, 0.5) is 0 Å². The van der Waals surface area contributed by atoms with Gasteiger partial charge in [-0.3, -0.25) is 10.1 Å². The van der Waals surface area contributed by atoms with E-state index >= 15 is 0 Å². The highest BCUT2D eigenvalue weighted by Crippen LogP contribution is 2.52. The van der Waals surface area contributed by atoms with Gasteiger partial charge in [0, 0.05) is 15.8 Å². The maximum atomic E-state index is 12.9. The van der Waals surface area contributed by atoms with Crippen molar-refractivity contribution in [1.82, 2.24) is 10.2 Å². The molecule has 4 atom stereocenters. The Morgan fingerprint density at radius 1 is 1.48 bits per heavy atom. The second kappa shape index (κ2) is 5.10. The summed E-state index contributed by atoms with van der Waals surface area (Å²) in [4.78, 5) is 17.7. The molecule has 1 saturated heterocycles. The van der Waals surface area contributed by atoms with Crippen molar-refractivity contribution in [1.29, 1.82) is 0 Å². The zero-order valence-electron chi connectivity index (χ0n) is 13.6. The molecule has 2 aliphatic rings. The van der Waals surface area contributed by atoms with Gasteiger partial charge in [-0.2, -0.15) is 0 Å². The number of carbonyl (C=O) groups excluding carboxylic acids is 1. The topological polar surface area (TPSA) is 32.3 Å². The molecule has 21 heavy (non-hydrogen) atoms. The lowest BCUT2D eigenvalue weighted by Crippen LogP contribution is -2.37. The summed E-state index contributed by atoms with van der Waals surface area (Å²) >= 11 is 1.80. The van der Waals surface area contributed by atoms with E-state index in [-0.39, 0.29) is 17.6 Å². The summed E-state index contributed by atoms with van der Waals surface area (Å²) in [5.41, 5.74) is 0.270. The van der Waals surface area contributed by atoms with Gasteiger partial charge in [0.25, 0.3) is 0 Å². The number of hydrogen-bond acceptors (Lipinski definition) is 3. The minimum atomic E-state index is -0.0289. The Kier molecular flexibility index (Phi) is 3.65. The number of aryl methyl sites for hydroxylation is 1. The molecule has 1 aliphatic carbocycles. The van der Waals surface area contributed by atoms with Crippen LogP contribution in [0.25, 0.3) is 0 Å². The molecule has 3 rings (SSSR count). The molecule has 1 aromatic heterocycles. The summed E-state index contributed by atoms with van der Waals surface area (Å²) in [5, 5.41) is 3.62. The first kappa shape index (κ1) is 15.0. The molecule has 1 amide bonds. The Morgan fingerprint density at radius 2 is 2.14 bits per heavy atom. The van der Waals surface area contributed by atoms with Gasteiger partial charge in [0.15, 0.2) is 0 Å². The van der Waals surface area contributed by atoms with Gasteiger partial charge in [-0.1, -0.05) is 34.1 Å². The van der Waals surface area contributed by atoms with Crippen molar-refractivity contribution in [2.24, 2.45) is 11.3 Å². The maximum absolute atomic E-state index is 12.9. The van der Waals surface area contributed by atoms with Gasteiger partial charge in [-0.15, -0.1) is 11.3 Å². The van der Waals surface area contributed by atoms with Crippen molar-refractivity contribution in [2.75, 3.05) is 0 Å². The maximum Gasteiger partial charge on any atom is 0.241 e. The smallest absolute Gasteiger partial charge is 0.241 e. The Morgan fingerprint density at radius 3 is 2.62 bits per heavy atom. The lowest BCUT2D eigenvalue weighted by molar-refractivity contribution is -0.131. The van der Waals surface area contributed by atoms with Crippen LogP contribution in [0.1, 0.15) is 56.5 Å². The van der Waals surface area contributed by atoms with Crippen molar-refractivity contribution < 1.29 is 4.79 Å². The highest BCUT2D eigenvalue weighted by Gasteiger charge is 2.57. The molecular weight excluding hydrogens is 280 g/mol. The number of hydrogen-bond donors (Lipinski definition) is 1. The summed E-state index contributed by atoms with van der Waals surface area (Å²) in [6.45, 7) is 11.0. The van der Waals surface area contributed by atoms with Crippen LogP contribution in [-0.2, 0) is 4.79 Å². The van der Waals surface area contributed by atoms with E-state index in [0.717, 1.165) is 12.8 Å². The molecule has 4 unspecified atom stereocenters. The summed E-state index contributed by atoms with van der Waals surface area (Å²) in [7, 11) is 0. The fourth-order valence-corrected chi connectivity index (χ4v) is 4.26. The van der Waals surface area contributed by atoms with E-state index < -0.39 is 0 Å². The summed E-state index contributed by atoms with van der Waals surface area (Å²) in [5.74, 6) is 0.684. The molecule has 1 saturated carbocycles. The van der Waals surface area contributed by atoms with Crippen molar-refractivity contribution >= 4 is 17.2 Å². The predicted octanol–water partition coefficient (Wildman–Crippen LogP) is 3.70. The Labute approximate surface area is 131 Å². The average molecular weight is 306 g/mol. The van der Waals surface area contributed by atoms with Gasteiger partial charge < -0.3 is 4.90 Å². The van der Waals surface area contributed by atoms with Gasteiger partial charge in [0.05, 0.1) is 6.04 Å². The van der Waals surface area contributed by atoms with E-state index in [1.54, 1.807) is 11.3 Å². The van der Waals surface area contributed by atoms with Crippen molar-refractivity contribution in [3.8, 4) is 0 Å². The monoisotopic (exact) mass is 306 g/mol. The van der Waals surface area contributed by atoms with Crippen LogP contribution in [0, 0.1) is 18.3 Å². The first-order valence-corrected chi connectivity index (χ1v) is 8.81. The minimum Gasteiger partial charge on any atom is -0.317 e. The van der Waals surface area contributed by atoms with E-state index in [4.69, 9.17) is 0 Å². The zero-order valence-corrected chi connectivity index (χ0v) is 14.5. The molecule has 2 fully saturated rings. The molecule has 1 N–H and O–H groups in total. The second-order valence-electron chi connectivity index (χ2n) is 7.33. The van der Waals surface area contributed by atoms with Crippen LogP contribution < -0.4 is 5.32 Å². The lowest BCUT2D eigenvalue weighted by atomic mass is 9.99. The van der Waals surface area contributed by atoms with Crippen molar-refractivity contribution in [3.63, 3.8) is 0 Å². The van der Waals surface area contributed by atoms with Crippen molar-refractivity contribution in [3.05, 3.63) is 21.9 Å². The van der Waals surface area contributed by atoms with Gasteiger partial charge in [-0.25, -0.2) is 0 Å². The fourth-order valence-electron chi connectivity index (χ4n) is 3.32.